The fraction of sp³-hybridized carbons (Fsp3) is 0.714. The van der Waals surface area contributed by atoms with Crippen molar-refractivity contribution in [3.8, 4) is 5.75 Å². The molecule has 1 aromatic heterocycles. The summed E-state index contributed by atoms with van der Waals surface area (Å²) < 4.78 is 5.63. The summed E-state index contributed by atoms with van der Waals surface area (Å²) in [6, 6.07) is 3.49. The number of ether oxygens (including phenoxy) is 1. The number of carbonyl (C=O) groups is 1. The zero-order valence-corrected chi connectivity index (χ0v) is 15.5. The first-order valence-corrected chi connectivity index (χ1v) is 9.91. The molecule has 3 heteroatoms. The van der Waals surface area contributed by atoms with Gasteiger partial charge in [0.05, 0.1) is 12.8 Å². The highest BCUT2D eigenvalue weighted by molar-refractivity contribution is 5.71. The van der Waals surface area contributed by atoms with E-state index in [4.69, 9.17) is 4.74 Å². The average Bonchev–Trinajstić information content (AvgIpc) is 2.62. The second kappa shape index (κ2) is 15.2. The van der Waals surface area contributed by atoms with E-state index in [2.05, 4.69) is 11.9 Å². The molecule has 0 N–H and O–H groups in total. The van der Waals surface area contributed by atoms with Gasteiger partial charge in [0, 0.05) is 0 Å². The summed E-state index contributed by atoms with van der Waals surface area (Å²) in [4.78, 5) is 14.5. The van der Waals surface area contributed by atoms with E-state index in [1.807, 2.05) is 0 Å². The Labute approximate surface area is 148 Å². The minimum absolute atomic E-state index is 0.448. The van der Waals surface area contributed by atoms with Crippen molar-refractivity contribution in [2.24, 2.45) is 0 Å². The van der Waals surface area contributed by atoms with Crippen molar-refractivity contribution >= 4 is 6.29 Å². The number of rotatable bonds is 16. The van der Waals surface area contributed by atoms with Crippen LogP contribution in [0.4, 0.5) is 0 Å². The molecule has 0 saturated heterocycles. The lowest BCUT2D eigenvalue weighted by Crippen LogP contribution is -1.98. The molecule has 0 aliphatic rings. The Morgan fingerprint density at radius 3 is 1.83 bits per heavy atom. The largest absolute Gasteiger partial charge is 0.492 e. The lowest BCUT2D eigenvalue weighted by molar-refractivity contribution is 0.111. The predicted molar refractivity (Wildman–Crippen MR) is 101 cm³/mol. The van der Waals surface area contributed by atoms with Crippen LogP contribution < -0.4 is 4.74 Å². The maximum atomic E-state index is 10.5. The molecule has 0 unspecified atom stereocenters. The van der Waals surface area contributed by atoms with Gasteiger partial charge in [-0.3, -0.25) is 4.79 Å². The fourth-order valence-corrected chi connectivity index (χ4v) is 2.86. The minimum atomic E-state index is 0.448. The molecular formula is C21H35NO2. The molecule has 0 fully saturated rings. The summed E-state index contributed by atoms with van der Waals surface area (Å²) in [5, 5.41) is 0. The van der Waals surface area contributed by atoms with E-state index in [1.54, 1.807) is 18.3 Å². The van der Waals surface area contributed by atoms with Gasteiger partial charge in [0.15, 0.2) is 6.29 Å². The summed E-state index contributed by atoms with van der Waals surface area (Å²) in [6.07, 6.45) is 20.0. The Morgan fingerprint density at radius 1 is 0.833 bits per heavy atom. The summed E-state index contributed by atoms with van der Waals surface area (Å²) in [5.74, 6) is 0.750. The quantitative estimate of drug-likeness (QED) is 0.261. The van der Waals surface area contributed by atoms with Crippen LogP contribution in [0, 0.1) is 0 Å². The van der Waals surface area contributed by atoms with Crippen molar-refractivity contribution < 1.29 is 9.53 Å². The average molecular weight is 334 g/mol. The molecule has 0 atom stereocenters. The number of aldehydes is 1. The molecule has 3 nitrogen and oxygen atoms in total. The van der Waals surface area contributed by atoms with Crippen LogP contribution in [0.3, 0.4) is 0 Å². The lowest BCUT2D eigenvalue weighted by Gasteiger charge is -2.06. The number of unbranched alkanes of at least 4 members (excludes halogenated alkanes) is 12. The molecule has 24 heavy (non-hydrogen) atoms. The van der Waals surface area contributed by atoms with Crippen molar-refractivity contribution in [3.63, 3.8) is 0 Å². The van der Waals surface area contributed by atoms with Gasteiger partial charge in [0.2, 0.25) is 0 Å². The van der Waals surface area contributed by atoms with E-state index in [-0.39, 0.29) is 0 Å². The molecule has 0 amide bonds. The first-order chi connectivity index (χ1) is 11.9. The van der Waals surface area contributed by atoms with Gasteiger partial charge in [0.1, 0.15) is 11.4 Å². The van der Waals surface area contributed by atoms with Gasteiger partial charge in [0.25, 0.3) is 0 Å². The number of aromatic nitrogens is 1. The Morgan fingerprint density at radius 2 is 1.38 bits per heavy atom. The highest BCUT2D eigenvalue weighted by Crippen LogP contribution is 2.13. The predicted octanol–water partition coefficient (Wildman–Crippen LogP) is 6.36. The number of hydrogen-bond acceptors (Lipinski definition) is 3. The van der Waals surface area contributed by atoms with E-state index < -0.39 is 0 Å². The van der Waals surface area contributed by atoms with Gasteiger partial charge >= 0.3 is 0 Å². The van der Waals surface area contributed by atoms with E-state index in [0.29, 0.717) is 5.69 Å². The summed E-state index contributed by atoms with van der Waals surface area (Å²) in [6.45, 7) is 3.01. The van der Waals surface area contributed by atoms with Crippen LogP contribution in [-0.2, 0) is 0 Å². The van der Waals surface area contributed by atoms with Crippen LogP contribution in [0.5, 0.6) is 5.75 Å². The van der Waals surface area contributed by atoms with Gasteiger partial charge in [-0.25, -0.2) is 4.98 Å². The van der Waals surface area contributed by atoms with Crippen molar-refractivity contribution in [2.75, 3.05) is 6.61 Å². The first kappa shape index (κ1) is 20.7. The van der Waals surface area contributed by atoms with Crippen molar-refractivity contribution in [2.45, 2.75) is 90.4 Å². The Balaban J connectivity index is 1.81. The highest BCUT2D eigenvalue weighted by atomic mass is 16.5. The van der Waals surface area contributed by atoms with Crippen LogP contribution in [0.25, 0.3) is 0 Å². The molecule has 0 aliphatic carbocycles. The standard InChI is InChI=1S/C21H35NO2/c1-2-3-4-5-6-7-8-9-10-11-12-13-14-17-24-21-16-15-20(19-23)22-18-21/h15-16,18-19H,2-14,17H2,1H3. The highest BCUT2D eigenvalue weighted by Gasteiger charge is 1.97. The summed E-state index contributed by atoms with van der Waals surface area (Å²) in [5.41, 5.74) is 0.448. The molecule has 0 aliphatic heterocycles. The Bertz CT molecular complexity index is 403. The fourth-order valence-electron chi connectivity index (χ4n) is 2.86. The SMILES string of the molecule is CCCCCCCCCCCCCCCOc1ccc(C=O)nc1. The maximum absolute atomic E-state index is 10.5. The smallest absolute Gasteiger partial charge is 0.168 e. The third-order valence-electron chi connectivity index (χ3n) is 4.40. The van der Waals surface area contributed by atoms with E-state index in [9.17, 15) is 4.79 Å². The maximum Gasteiger partial charge on any atom is 0.168 e. The van der Waals surface area contributed by atoms with Gasteiger partial charge in [-0.1, -0.05) is 84.0 Å². The monoisotopic (exact) mass is 333 g/mol. The number of carbonyl (C=O) groups excluding carboxylic acids is 1. The molecule has 1 heterocycles. The lowest BCUT2D eigenvalue weighted by atomic mass is 10.0. The van der Waals surface area contributed by atoms with Crippen molar-refractivity contribution in [1.82, 2.24) is 4.98 Å². The van der Waals surface area contributed by atoms with Crippen molar-refractivity contribution in [3.05, 3.63) is 24.0 Å². The zero-order valence-electron chi connectivity index (χ0n) is 15.5. The Hall–Kier alpha value is -1.38. The Kier molecular flexibility index (Phi) is 13.1. The summed E-state index contributed by atoms with van der Waals surface area (Å²) in [7, 11) is 0. The zero-order chi connectivity index (χ0) is 17.3. The first-order valence-electron chi connectivity index (χ1n) is 9.91. The van der Waals surface area contributed by atoms with Gasteiger partial charge in [-0.15, -0.1) is 0 Å². The van der Waals surface area contributed by atoms with Gasteiger partial charge in [-0.2, -0.15) is 0 Å². The third kappa shape index (κ3) is 11.2. The van der Waals surface area contributed by atoms with Crippen molar-refractivity contribution in [1.29, 1.82) is 0 Å². The van der Waals surface area contributed by atoms with Crippen LogP contribution >= 0.6 is 0 Å². The second-order valence-electron chi connectivity index (χ2n) is 6.63. The number of pyridine rings is 1. The van der Waals surface area contributed by atoms with E-state index in [0.717, 1.165) is 25.1 Å². The van der Waals surface area contributed by atoms with Crippen LogP contribution in [-0.4, -0.2) is 17.9 Å². The van der Waals surface area contributed by atoms with Gasteiger partial charge < -0.3 is 4.74 Å². The molecule has 1 rings (SSSR count). The number of nitrogens with zero attached hydrogens (tertiary/aromatic N) is 1. The third-order valence-corrected chi connectivity index (χ3v) is 4.40. The summed E-state index contributed by atoms with van der Waals surface area (Å²) >= 11 is 0. The molecule has 0 radical (unpaired) electrons. The number of hydrogen-bond donors (Lipinski definition) is 0. The molecular weight excluding hydrogens is 298 g/mol. The minimum Gasteiger partial charge on any atom is -0.492 e. The van der Waals surface area contributed by atoms with E-state index >= 15 is 0 Å². The van der Waals surface area contributed by atoms with Crippen LogP contribution in [0.1, 0.15) is 101 Å². The van der Waals surface area contributed by atoms with Gasteiger partial charge in [-0.05, 0) is 18.6 Å². The molecule has 136 valence electrons. The second-order valence-corrected chi connectivity index (χ2v) is 6.63. The van der Waals surface area contributed by atoms with Crippen LogP contribution in [0.2, 0.25) is 0 Å². The molecule has 0 spiro atoms. The molecule has 1 aromatic rings. The molecule has 0 aromatic carbocycles. The molecule has 0 bridgehead atoms. The van der Waals surface area contributed by atoms with Crippen LogP contribution in [0.15, 0.2) is 18.3 Å². The van der Waals surface area contributed by atoms with E-state index in [1.165, 1.54) is 77.0 Å². The molecule has 0 saturated carbocycles. The normalized spacial score (nSPS) is 10.7. The topological polar surface area (TPSA) is 39.2 Å².